The number of nitrogens with one attached hydrogen (secondary N) is 6. The van der Waals surface area contributed by atoms with E-state index < -0.39 is 34.8 Å². The molecule has 10 atom stereocenters. The third kappa shape index (κ3) is 10.5. The molecule has 3 aliphatic carbocycles. The molecule has 0 radical (unpaired) electrons. The van der Waals surface area contributed by atoms with Gasteiger partial charge in [-0.3, -0.25) is 14.6 Å². The third-order valence-electron chi connectivity index (χ3n) is 15.8. The molecule has 4 aliphatic heterocycles. The van der Waals surface area contributed by atoms with Gasteiger partial charge in [-0.05, 0) is 130 Å². The lowest BCUT2D eigenvalue weighted by atomic mass is 9.66. The van der Waals surface area contributed by atoms with Crippen molar-refractivity contribution in [2.45, 2.75) is 133 Å². The zero-order chi connectivity index (χ0) is 49.6. The normalized spacial score (nSPS) is 32.4. The molecule has 4 heterocycles. The van der Waals surface area contributed by atoms with Crippen LogP contribution >= 0.6 is 0 Å². The number of Topliss-reactive ketones (excluding diaryl/α,β-unsaturated/α-hetero) is 2. The number of nitrogens with two attached hydrogens (primary N) is 2. The van der Waals surface area contributed by atoms with Crippen molar-refractivity contribution in [1.29, 1.82) is 0 Å². The number of rotatable bonds is 16. The topological polar surface area (TPSA) is 230 Å². The maximum absolute atomic E-state index is 15.8. The number of esters is 1. The van der Waals surface area contributed by atoms with E-state index in [1.807, 2.05) is 50.5 Å². The van der Waals surface area contributed by atoms with Crippen LogP contribution in [0.1, 0.15) is 118 Å². The Morgan fingerprint density at radius 3 is 2.76 bits per heavy atom. The molecule has 15 nitrogen and oxygen atoms in total. The van der Waals surface area contributed by atoms with Gasteiger partial charge in [-0.25, -0.2) is 4.79 Å². The molecule has 4 bridgehead atoms. The number of carbonyl (C=O) groups is 3. The number of dihydropyridines is 2. The summed E-state index contributed by atoms with van der Waals surface area (Å²) in [6, 6.07) is 5.11. The summed E-state index contributed by atoms with van der Waals surface area (Å²) < 4.78 is 13.4. The number of aliphatic hydroxyl groups excluding tert-OH is 1. The van der Waals surface area contributed by atoms with Gasteiger partial charge in [0.1, 0.15) is 11.9 Å². The second-order valence-corrected chi connectivity index (χ2v) is 20.9. The highest BCUT2D eigenvalue weighted by Gasteiger charge is 2.85. The van der Waals surface area contributed by atoms with Gasteiger partial charge in [0, 0.05) is 55.9 Å². The van der Waals surface area contributed by atoms with Crippen LogP contribution in [-0.4, -0.2) is 105 Å². The van der Waals surface area contributed by atoms with Gasteiger partial charge in [-0.2, -0.15) is 0 Å². The first-order valence-electron chi connectivity index (χ1n) is 25.7. The first-order chi connectivity index (χ1) is 33.8. The highest BCUT2D eigenvalue weighted by atomic mass is 16.7. The number of hydrogen-bond donors (Lipinski definition) is 9. The Kier molecular flexibility index (Phi) is 16.0. The molecule has 1 saturated heterocycles. The van der Waals surface area contributed by atoms with Crippen LogP contribution in [0.5, 0.6) is 0 Å². The molecule has 7 aliphatic rings. The Balaban J connectivity index is 1.20. The minimum Gasteiger partial charge on any atom is -0.459 e. The van der Waals surface area contributed by atoms with E-state index in [9.17, 15) is 5.11 Å². The summed E-state index contributed by atoms with van der Waals surface area (Å²) in [5.74, 6) is -0.0801. The maximum atomic E-state index is 15.8. The number of benzene rings is 1. The van der Waals surface area contributed by atoms with Gasteiger partial charge in [-0.1, -0.05) is 86.9 Å². The summed E-state index contributed by atoms with van der Waals surface area (Å²) >= 11 is 0. The first-order valence-corrected chi connectivity index (χ1v) is 25.7. The summed E-state index contributed by atoms with van der Waals surface area (Å²) in [6.07, 6.45) is 26.3. The summed E-state index contributed by atoms with van der Waals surface area (Å²) in [7, 11) is 3.50. The van der Waals surface area contributed by atoms with Crippen LogP contribution in [-0.2, 0) is 20.7 Å². The van der Waals surface area contributed by atoms with E-state index in [0.717, 1.165) is 73.0 Å². The molecule has 1 spiro atoms. The average Bonchev–Trinajstić information content (AvgIpc) is 4.07. The molecule has 378 valence electrons. The third-order valence-corrected chi connectivity index (χ3v) is 15.8. The zero-order valence-electron chi connectivity index (χ0n) is 41.9. The predicted molar refractivity (Wildman–Crippen MR) is 274 cm³/mol. The Morgan fingerprint density at radius 2 is 2.00 bits per heavy atom. The number of nitrogens with zero attached hydrogens (tertiary/aromatic N) is 1. The summed E-state index contributed by atoms with van der Waals surface area (Å²) in [5, 5.41) is 30.3. The number of cyclic esters (lactones) is 1. The van der Waals surface area contributed by atoms with E-state index in [1.165, 1.54) is 5.57 Å². The van der Waals surface area contributed by atoms with Crippen LogP contribution in [0.3, 0.4) is 0 Å². The smallest absolute Gasteiger partial charge is 0.350 e. The van der Waals surface area contributed by atoms with E-state index in [-0.39, 0.29) is 65.6 Å². The van der Waals surface area contributed by atoms with Crippen molar-refractivity contribution in [3.05, 3.63) is 118 Å². The van der Waals surface area contributed by atoms with Gasteiger partial charge in [0.15, 0.2) is 17.3 Å². The molecule has 1 aromatic rings. The number of ether oxygens (including phenoxy) is 2. The van der Waals surface area contributed by atoms with Gasteiger partial charge >= 0.3 is 5.97 Å². The number of aliphatic imine (C=N–C) groups is 1. The molecule has 0 saturated carbocycles. The van der Waals surface area contributed by atoms with E-state index >= 15 is 14.4 Å². The lowest BCUT2D eigenvalue weighted by Gasteiger charge is -2.43. The SMILES string of the molecule is CCN[C@H]1C=C2C=CC[C@@H]3CCCC[C@](C)(CC4=CNC(N)C=C4)Cc4cccc5c4C(=O)[C@]4(O[C@@]4(C/C=C(\C)C[C@@H](NC(N)=NC)C4=CCNC(NCNC)=C4)C5=O)C(=O)O[C@@H](CCCO)[C@H]1C[C@@H]23. The first kappa shape index (κ1) is 51.0. The Labute approximate surface area is 414 Å². The molecule has 0 amide bonds. The van der Waals surface area contributed by atoms with Crippen molar-refractivity contribution < 1.29 is 29.0 Å². The van der Waals surface area contributed by atoms with Crippen LogP contribution in [0.4, 0.5) is 0 Å². The summed E-state index contributed by atoms with van der Waals surface area (Å²) in [4.78, 5) is 50.9. The molecule has 70 heavy (non-hydrogen) atoms. The Morgan fingerprint density at radius 1 is 1.16 bits per heavy atom. The minimum atomic E-state index is -2.20. The fraction of sp³-hybridized carbons (Fsp3) is 0.564. The molecular formula is C55H77N9O6. The van der Waals surface area contributed by atoms with Gasteiger partial charge in [-0.15, -0.1) is 0 Å². The Hall–Kier alpha value is -5.32. The monoisotopic (exact) mass is 960 g/mol. The average molecular weight is 960 g/mol. The highest BCUT2D eigenvalue weighted by molar-refractivity contribution is 6.33. The zero-order valence-corrected chi connectivity index (χ0v) is 41.9. The lowest BCUT2D eigenvalue weighted by molar-refractivity contribution is -0.158. The number of ketones is 2. The number of fused-ring (bicyclic) bond motifs is 1. The van der Waals surface area contributed by atoms with Gasteiger partial charge in [0.05, 0.1) is 18.9 Å². The van der Waals surface area contributed by atoms with Crippen molar-refractivity contribution in [2.24, 2.45) is 39.6 Å². The molecule has 11 N–H and O–H groups in total. The van der Waals surface area contributed by atoms with Crippen LogP contribution in [0.2, 0.25) is 0 Å². The Bertz CT molecular complexity index is 2400. The number of carbonyl (C=O) groups excluding carboxylic acids is 3. The van der Waals surface area contributed by atoms with Crippen molar-refractivity contribution >= 4 is 23.5 Å². The number of hydrogen-bond acceptors (Lipinski definition) is 13. The van der Waals surface area contributed by atoms with Crippen molar-refractivity contribution in [3.8, 4) is 0 Å². The van der Waals surface area contributed by atoms with E-state index in [2.05, 4.69) is 81.1 Å². The fourth-order valence-corrected chi connectivity index (χ4v) is 12.2. The molecule has 1 unspecified atom stereocenters. The van der Waals surface area contributed by atoms with E-state index in [1.54, 1.807) is 13.1 Å². The van der Waals surface area contributed by atoms with Crippen LogP contribution < -0.4 is 43.4 Å². The highest BCUT2D eigenvalue weighted by Crippen LogP contribution is 2.60. The van der Waals surface area contributed by atoms with Gasteiger partial charge < -0.3 is 57.9 Å². The van der Waals surface area contributed by atoms with Gasteiger partial charge in [0.25, 0.3) is 5.60 Å². The quantitative estimate of drug-likeness (QED) is 0.0203. The number of allylic oxidation sites excluding steroid dienone is 5. The number of epoxide rings is 1. The molecular weight excluding hydrogens is 883 g/mol. The number of likely N-dealkylation sites (N-methyl/N-ethyl adjacent to an activating group) is 1. The standard InChI is InChI=1S/C55H77N9O6/c1-6-60-44-27-37-14-9-13-36-12-7-8-22-53(3,30-35-18-19-46(56)62-32-35)31-39-15-10-16-40-48(39)50(67)55(51(68)69-45(17-11-25-65)42(44)29-41(36)37)54(70-55,49(40)66)23-20-34(2)26-43(64-52(57)59-5)38-21-24-61-47(28-38)63-33-58-4/h9-10,14-16,18-21,27-28,32,36,41-46,58,60-63,65H,6-8,11-13,17,22-26,29-31,33,56H2,1-5H3,(H3,57,59,64)/b34-20+/t36-,41+,42-,43+,44-,45-,46?,53+,54-,55-/m0/s1. The van der Waals surface area contributed by atoms with Gasteiger partial charge in [0.2, 0.25) is 5.78 Å². The van der Waals surface area contributed by atoms with Crippen LogP contribution in [0.15, 0.2) is 106 Å². The number of guanidine groups is 1. The predicted octanol–water partition coefficient (Wildman–Crippen LogP) is 4.98. The van der Waals surface area contributed by atoms with Crippen LogP contribution in [0, 0.1) is 23.2 Å². The molecule has 1 fully saturated rings. The summed E-state index contributed by atoms with van der Waals surface area (Å²) in [6.45, 7) is 8.12. The van der Waals surface area contributed by atoms with Crippen molar-refractivity contribution in [2.75, 3.05) is 40.5 Å². The van der Waals surface area contributed by atoms with E-state index in [0.29, 0.717) is 51.4 Å². The maximum Gasteiger partial charge on any atom is 0.350 e. The molecule has 15 heteroatoms. The van der Waals surface area contributed by atoms with Crippen molar-refractivity contribution in [3.63, 3.8) is 0 Å². The van der Waals surface area contributed by atoms with Crippen molar-refractivity contribution in [1.82, 2.24) is 31.9 Å². The second-order valence-electron chi connectivity index (χ2n) is 20.9. The summed E-state index contributed by atoms with van der Waals surface area (Å²) in [5.41, 5.74) is 13.6. The molecule has 8 rings (SSSR count). The van der Waals surface area contributed by atoms with E-state index in [4.69, 9.17) is 20.9 Å². The molecule has 0 aromatic heterocycles. The second kappa shape index (κ2) is 22.0. The lowest BCUT2D eigenvalue weighted by Crippen LogP contribution is -2.53. The van der Waals surface area contributed by atoms with Crippen LogP contribution in [0.25, 0.3) is 0 Å². The number of aliphatic hydroxyl groups is 1. The largest absolute Gasteiger partial charge is 0.459 e. The minimum absolute atomic E-state index is 0.0298. The fourth-order valence-electron chi connectivity index (χ4n) is 12.2. The molecule has 1 aromatic carbocycles.